The molecule has 1 heterocycles. The molecule has 2 N–H and O–H groups in total. The van der Waals surface area contributed by atoms with Crippen LogP contribution in [-0.2, 0) is 10.0 Å². The molecular weight excluding hydrogens is 299 g/mol. The number of piperidine rings is 1. The molecule has 21 heavy (non-hydrogen) atoms. The lowest BCUT2D eigenvalue weighted by molar-refractivity contribution is 0.0696. The smallest absolute Gasteiger partial charge is 0.335 e. The summed E-state index contributed by atoms with van der Waals surface area (Å²) in [5.41, 5.74) is -0.485. The maximum absolute atomic E-state index is 13.7. The Morgan fingerprint density at radius 3 is 2.48 bits per heavy atom. The van der Waals surface area contributed by atoms with Gasteiger partial charge in [-0.1, -0.05) is 6.42 Å². The maximum Gasteiger partial charge on any atom is 0.335 e. The number of aromatic carboxylic acids is 1. The third-order valence-corrected chi connectivity index (χ3v) is 4.94. The highest BCUT2D eigenvalue weighted by Crippen LogP contribution is 2.21. The summed E-state index contributed by atoms with van der Waals surface area (Å²) in [4.78, 5) is 13.0. The van der Waals surface area contributed by atoms with Crippen LogP contribution in [0.2, 0.25) is 0 Å². The minimum absolute atomic E-state index is 0.0930. The molecule has 0 radical (unpaired) electrons. The molecule has 1 fully saturated rings. The van der Waals surface area contributed by atoms with E-state index in [0.717, 1.165) is 31.4 Å². The number of carbonyl (C=O) groups is 1. The highest BCUT2D eigenvalue weighted by molar-refractivity contribution is 7.89. The lowest BCUT2D eigenvalue weighted by atomic mass is 10.1. The monoisotopic (exact) mass is 316 g/mol. The van der Waals surface area contributed by atoms with Crippen molar-refractivity contribution in [1.82, 2.24) is 9.84 Å². The van der Waals surface area contributed by atoms with Crippen molar-refractivity contribution in [3.8, 4) is 0 Å². The molecule has 0 aliphatic carbocycles. The van der Waals surface area contributed by atoms with Crippen molar-refractivity contribution >= 4 is 16.0 Å². The predicted octanol–water partition coefficient (Wildman–Crippen LogP) is 1.51. The Kier molecular flexibility index (Phi) is 4.60. The van der Waals surface area contributed by atoms with Gasteiger partial charge in [-0.15, -0.1) is 4.83 Å². The van der Waals surface area contributed by atoms with Crippen molar-refractivity contribution in [2.75, 3.05) is 13.1 Å². The normalized spacial score (nSPS) is 16.9. The van der Waals surface area contributed by atoms with Crippen LogP contribution in [-0.4, -0.2) is 37.6 Å². The van der Waals surface area contributed by atoms with E-state index in [1.807, 2.05) is 0 Å². The fraction of sp³-hybridized carbons (Fsp3) is 0.462. The van der Waals surface area contributed by atoms with E-state index in [4.69, 9.17) is 5.11 Å². The van der Waals surface area contributed by atoms with Gasteiger partial charge in [0.2, 0.25) is 0 Å². The number of rotatable bonds is 4. The number of carboxylic acid groups (broad SMARTS) is 1. The summed E-state index contributed by atoms with van der Waals surface area (Å²) in [6, 6.07) is 1.80. The number of sulfonamides is 1. The van der Waals surface area contributed by atoms with Gasteiger partial charge < -0.3 is 5.11 Å². The predicted molar refractivity (Wildman–Crippen MR) is 73.8 cm³/mol. The van der Waals surface area contributed by atoms with Crippen LogP contribution in [0.25, 0.3) is 0 Å². The Labute approximate surface area is 122 Å². The average molecular weight is 316 g/mol. The minimum atomic E-state index is -4.00. The number of nitrogens with zero attached hydrogens (tertiary/aromatic N) is 1. The molecule has 0 amide bonds. The van der Waals surface area contributed by atoms with E-state index in [2.05, 4.69) is 4.83 Å². The summed E-state index contributed by atoms with van der Waals surface area (Å²) in [6.45, 7) is 2.48. The molecule has 6 nitrogen and oxygen atoms in total. The molecule has 1 aromatic rings. The van der Waals surface area contributed by atoms with Crippen LogP contribution in [0, 0.1) is 12.7 Å². The molecule has 8 heteroatoms. The number of halogens is 1. The molecule has 1 aliphatic heterocycles. The second-order valence-corrected chi connectivity index (χ2v) is 6.66. The SMILES string of the molecule is Cc1c(F)cc(C(=O)O)cc1S(=O)(=O)NN1CCCCC1. The number of hydrogen-bond donors (Lipinski definition) is 2. The molecule has 0 saturated carbocycles. The van der Waals surface area contributed by atoms with Crippen LogP contribution in [0.1, 0.15) is 35.2 Å². The van der Waals surface area contributed by atoms with Crippen molar-refractivity contribution in [1.29, 1.82) is 0 Å². The second kappa shape index (κ2) is 6.08. The number of hydrogen-bond acceptors (Lipinski definition) is 4. The van der Waals surface area contributed by atoms with Crippen LogP contribution in [0.15, 0.2) is 17.0 Å². The van der Waals surface area contributed by atoms with Crippen LogP contribution < -0.4 is 4.83 Å². The van der Waals surface area contributed by atoms with E-state index in [-0.39, 0.29) is 10.5 Å². The summed E-state index contributed by atoms with van der Waals surface area (Å²) in [5, 5.41) is 10.5. The summed E-state index contributed by atoms with van der Waals surface area (Å²) in [7, 11) is -4.00. The van der Waals surface area contributed by atoms with Crippen molar-refractivity contribution in [3.63, 3.8) is 0 Å². The molecule has 0 unspecified atom stereocenters. The Balaban J connectivity index is 2.36. The Bertz CT molecular complexity index is 654. The van der Waals surface area contributed by atoms with Crippen LogP contribution in [0.5, 0.6) is 0 Å². The van der Waals surface area contributed by atoms with Crippen molar-refractivity contribution in [3.05, 3.63) is 29.1 Å². The van der Waals surface area contributed by atoms with Gasteiger partial charge in [-0.05, 0) is 31.9 Å². The topological polar surface area (TPSA) is 86.7 Å². The maximum atomic E-state index is 13.7. The quantitative estimate of drug-likeness (QED) is 0.879. The van der Waals surface area contributed by atoms with Gasteiger partial charge in [0, 0.05) is 18.7 Å². The van der Waals surface area contributed by atoms with E-state index in [0.29, 0.717) is 13.1 Å². The summed E-state index contributed by atoms with van der Waals surface area (Å²) in [6.07, 6.45) is 2.80. The molecule has 2 rings (SSSR count). The number of nitrogens with one attached hydrogen (secondary N) is 1. The molecule has 0 atom stereocenters. The average Bonchev–Trinajstić information content (AvgIpc) is 2.41. The Morgan fingerprint density at radius 1 is 1.29 bits per heavy atom. The zero-order valence-electron chi connectivity index (χ0n) is 11.6. The van der Waals surface area contributed by atoms with Crippen molar-refractivity contribution in [2.45, 2.75) is 31.1 Å². The van der Waals surface area contributed by atoms with E-state index < -0.39 is 27.4 Å². The van der Waals surface area contributed by atoms with Gasteiger partial charge in [-0.2, -0.15) is 0 Å². The molecule has 0 bridgehead atoms. The Hall–Kier alpha value is -1.51. The van der Waals surface area contributed by atoms with Gasteiger partial charge in [0.1, 0.15) is 5.82 Å². The van der Waals surface area contributed by atoms with Gasteiger partial charge in [0.05, 0.1) is 10.5 Å². The molecule has 0 aromatic heterocycles. The van der Waals surface area contributed by atoms with Gasteiger partial charge in [0.15, 0.2) is 0 Å². The fourth-order valence-electron chi connectivity index (χ4n) is 2.26. The highest BCUT2D eigenvalue weighted by Gasteiger charge is 2.24. The van der Waals surface area contributed by atoms with Gasteiger partial charge in [0.25, 0.3) is 10.0 Å². The largest absolute Gasteiger partial charge is 0.478 e. The van der Waals surface area contributed by atoms with Crippen molar-refractivity contribution in [2.24, 2.45) is 0 Å². The first-order valence-electron chi connectivity index (χ1n) is 6.62. The zero-order chi connectivity index (χ0) is 15.6. The number of carboxylic acids is 1. The van der Waals surface area contributed by atoms with Crippen LogP contribution >= 0.6 is 0 Å². The van der Waals surface area contributed by atoms with Gasteiger partial charge >= 0.3 is 5.97 Å². The first-order valence-corrected chi connectivity index (χ1v) is 8.10. The molecular formula is C13H17FN2O4S. The van der Waals surface area contributed by atoms with Crippen LogP contribution in [0.3, 0.4) is 0 Å². The molecule has 116 valence electrons. The van der Waals surface area contributed by atoms with E-state index in [1.165, 1.54) is 6.92 Å². The van der Waals surface area contributed by atoms with E-state index >= 15 is 0 Å². The molecule has 1 aromatic carbocycles. The van der Waals surface area contributed by atoms with Gasteiger partial charge in [-0.3, -0.25) is 0 Å². The highest BCUT2D eigenvalue weighted by atomic mass is 32.2. The third kappa shape index (κ3) is 3.58. The lowest BCUT2D eigenvalue weighted by Crippen LogP contribution is -2.45. The summed E-state index contributed by atoms with van der Waals surface area (Å²) < 4.78 is 38.4. The minimum Gasteiger partial charge on any atom is -0.478 e. The number of hydrazine groups is 1. The summed E-state index contributed by atoms with van der Waals surface area (Å²) >= 11 is 0. The molecule has 0 spiro atoms. The summed E-state index contributed by atoms with van der Waals surface area (Å²) in [5.74, 6) is -2.22. The van der Waals surface area contributed by atoms with E-state index in [9.17, 15) is 17.6 Å². The fourth-order valence-corrected chi connectivity index (χ4v) is 3.66. The van der Waals surface area contributed by atoms with E-state index in [1.54, 1.807) is 5.01 Å². The first-order chi connectivity index (χ1) is 9.81. The van der Waals surface area contributed by atoms with Crippen molar-refractivity contribution < 1.29 is 22.7 Å². The van der Waals surface area contributed by atoms with Gasteiger partial charge in [-0.25, -0.2) is 22.6 Å². The molecule has 1 aliphatic rings. The Morgan fingerprint density at radius 2 is 1.90 bits per heavy atom. The second-order valence-electron chi connectivity index (χ2n) is 5.03. The first kappa shape index (κ1) is 15.9. The lowest BCUT2D eigenvalue weighted by Gasteiger charge is -2.27. The van der Waals surface area contributed by atoms with Crippen LogP contribution in [0.4, 0.5) is 4.39 Å². The third-order valence-electron chi connectivity index (χ3n) is 3.44. The molecule has 1 saturated heterocycles. The number of benzene rings is 1. The standard InChI is InChI=1S/C13H17FN2O4S/c1-9-11(14)7-10(13(17)18)8-12(9)21(19,20)15-16-5-3-2-4-6-16/h7-8,15H,2-6H2,1H3,(H,17,18). The zero-order valence-corrected chi connectivity index (χ0v) is 12.4.